The Morgan fingerprint density at radius 3 is 2.50 bits per heavy atom. The predicted molar refractivity (Wildman–Crippen MR) is 105 cm³/mol. The smallest absolute Gasteiger partial charge is 0.416 e. The molecule has 0 saturated carbocycles. The first-order chi connectivity index (χ1) is 14.1. The lowest BCUT2D eigenvalue weighted by Gasteiger charge is -2.17. The van der Waals surface area contributed by atoms with Crippen molar-refractivity contribution >= 4 is 28.3 Å². The molecule has 1 N–H and O–H groups in total. The van der Waals surface area contributed by atoms with E-state index >= 15 is 0 Å². The van der Waals surface area contributed by atoms with E-state index in [-0.39, 0.29) is 24.8 Å². The first kappa shape index (κ1) is 21.6. The van der Waals surface area contributed by atoms with Crippen molar-refractivity contribution in [3.63, 3.8) is 0 Å². The summed E-state index contributed by atoms with van der Waals surface area (Å²) in [4.78, 5) is 30.2. The fraction of sp³-hybridized carbons (Fsp3) is 0.250. The van der Waals surface area contributed by atoms with Crippen LogP contribution in [0, 0.1) is 6.92 Å². The summed E-state index contributed by atoms with van der Waals surface area (Å²) in [5.74, 6) is -0.110. The molecule has 0 aliphatic carbocycles. The van der Waals surface area contributed by atoms with Crippen molar-refractivity contribution in [1.29, 1.82) is 0 Å². The minimum absolute atomic E-state index is 0.00818. The quantitative estimate of drug-likeness (QED) is 0.615. The number of hydrogen-bond donors (Lipinski definition) is 1. The molecule has 2 aromatic heterocycles. The van der Waals surface area contributed by atoms with Gasteiger partial charge in [0, 0.05) is 19.0 Å². The van der Waals surface area contributed by atoms with Crippen LogP contribution < -0.4 is 5.32 Å². The Morgan fingerprint density at radius 2 is 1.90 bits per heavy atom. The molecule has 0 aliphatic heterocycles. The Kier molecular flexibility index (Phi) is 6.25. The average Bonchev–Trinajstić information content (AvgIpc) is 3.30. The SMILES string of the molecule is Cc1occc1C(=O)Nc1nc(CC(=O)N(C)Cc2ccc(C(F)(F)F)cc2)cs1. The summed E-state index contributed by atoms with van der Waals surface area (Å²) in [5.41, 5.74) is 0.742. The molecule has 0 spiro atoms. The van der Waals surface area contributed by atoms with Crippen molar-refractivity contribution in [2.75, 3.05) is 12.4 Å². The number of amides is 2. The molecule has 2 amide bonds. The van der Waals surface area contributed by atoms with Gasteiger partial charge in [-0.3, -0.25) is 14.9 Å². The highest BCUT2D eigenvalue weighted by atomic mass is 32.1. The number of nitrogens with one attached hydrogen (secondary N) is 1. The van der Waals surface area contributed by atoms with Crippen molar-refractivity contribution in [3.05, 3.63) is 70.1 Å². The fourth-order valence-electron chi connectivity index (χ4n) is 2.68. The van der Waals surface area contributed by atoms with Crippen LogP contribution in [0.4, 0.5) is 18.3 Å². The predicted octanol–water partition coefficient (Wildman–Crippen LogP) is 4.52. The maximum absolute atomic E-state index is 12.6. The number of likely N-dealkylation sites (N-methyl/N-ethyl adjacent to an activating group) is 1. The third-order valence-corrected chi connectivity index (χ3v) is 5.14. The molecule has 0 aliphatic rings. The summed E-state index contributed by atoms with van der Waals surface area (Å²) in [6.45, 7) is 1.85. The zero-order chi connectivity index (χ0) is 21.9. The van der Waals surface area contributed by atoms with Gasteiger partial charge in [0.1, 0.15) is 5.76 Å². The van der Waals surface area contributed by atoms with Crippen molar-refractivity contribution in [1.82, 2.24) is 9.88 Å². The Balaban J connectivity index is 1.55. The van der Waals surface area contributed by atoms with Gasteiger partial charge in [0.15, 0.2) is 5.13 Å². The van der Waals surface area contributed by atoms with Gasteiger partial charge in [-0.05, 0) is 30.7 Å². The van der Waals surface area contributed by atoms with Crippen LogP contribution in [0.5, 0.6) is 0 Å². The van der Waals surface area contributed by atoms with Crippen molar-refractivity contribution in [2.45, 2.75) is 26.1 Å². The minimum Gasteiger partial charge on any atom is -0.469 e. The number of aryl methyl sites for hydroxylation is 1. The standard InChI is InChI=1S/C20H18F3N3O3S/c1-12-16(7-8-29-12)18(28)25-19-24-15(11-30-19)9-17(27)26(2)10-13-3-5-14(6-4-13)20(21,22)23/h3-8,11H,9-10H2,1-2H3,(H,24,25,28). The van der Waals surface area contributed by atoms with Crippen LogP contribution in [-0.2, 0) is 23.9 Å². The lowest BCUT2D eigenvalue weighted by molar-refractivity contribution is -0.137. The average molecular weight is 437 g/mol. The lowest BCUT2D eigenvalue weighted by Crippen LogP contribution is -2.27. The van der Waals surface area contributed by atoms with E-state index in [9.17, 15) is 22.8 Å². The number of carbonyl (C=O) groups excluding carboxylic acids is 2. The largest absolute Gasteiger partial charge is 0.469 e. The number of anilines is 1. The molecule has 3 aromatic rings. The van der Waals surface area contributed by atoms with Gasteiger partial charge in [0.25, 0.3) is 5.91 Å². The molecule has 30 heavy (non-hydrogen) atoms. The summed E-state index contributed by atoms with van der Waals surface area (Å²) >= 11 is 1.19. The van der Waals surface area contributed by atoms with Crippen LogP contribution in [-0.4, -0.2) is 28.7 Å². The van der Waals surface area contributed by atoms with Crippen LogP contribution >= 0.6 is 11.3 Å². The fourth-order valence-corrected chi connectivity index (χ4v) is 3.39. The molecule has 2 heterocycles. The van der Waals surface area contributed by atoms with Crippen LogP contribution in [0.3, 0.4) is 0 Å². The van der Waals surface area contributed by atoms with Gasteiger partial charge in [-0.25, -0.2) is 4.98 Å². The molecule has 0 radical (unpaired) electrons. The third-order valence-electron chi connectivity index (χ3n) is 4.33. The summed E-state index contributed by atoms with van der Waals surface area (Å²) in [6, 6.07) is 6.23. The van der Waals surface area contributed by atoms with Gasteiger partial charge in [0.2, 0.25) is 5.91 Å². The number of thiazole rings is 1. The normalized spacial score (nSPS) is 11.4. The number of nitrogens with zero attached hydrogens (tertiary/aromatic N) is 2. The Bertz CT molecular complexity index is 1040. The Labute approximate surface area is 174 Å². The number of aromatic nitrogens is 1. The molecule has 0 bridgehead atoms. The third kappa shape index (κ3) is 5.26. The highest BCUT2D eigenvalue weighted by Crippen LogP contribution is 2.29. The Hall–Kier alpha value is -3.14. The Morgan fingerprint density at radius 1 is 1.20 bits per heavy atom. The van der Waals surface area contributed by atoms with Crippen LogP contribution in [0.15, 0.2) is 46.4 Å². The van der Waals surface area contributed by atoms with Crippen LogP contribution in [0.2, 0.25) is 0 Å². The van der Waals surface area contributed by atoms with E-state index in [2.05, 4.69) is 10.3 Å². The van der Waals surface area contributed by atoms with Gasteiger partial charge in [-0.2, -0.15) is 13.2 Å². The number of furan rings is 1. The number of halogens is 3. The minimum atomic E-state index is -4.39. The van der Waals surface area contributed by atoms with Gasteiger partial charge in [0.05, 0.1) is 29.5 Å². The van der Waals surface area contributed by atoms with E-state index in [1.165, 1.54) is 34.6 Å². The maximum atomic E-state index is 12.6. The highest BCUT2D eigenvalue weighted by molar-refractivity contribution is 7.14. The van der Waals surface area contributed by atoms with Gasteiger partial charge in [-0.15, -0.1) is 11.3 Å². The number of alkyl halides is 3. The summed E-state index contributed by atoms with van der Waals surface area (Å²) in [5, 5.41) is 4.68. The molecule has 10 heteroatoms. The highest BCUT2D eigenvalue weighted by Gasteiger charge is 2.30. The molecule has 0 saturated heterocycles. The zero-order valence-corrected chi connectivity index (χ0v) is 16.9. The van der Waals surface area contributed by atoms with E-state index in [0.29, 0.717) is 27.7 Å². The number of benzene rings is 1. The molecule has 0 fully saturated rings. The number of hydrogen-bond acceptors (Lipinski definition) is 5. The van der Waals surface area contributed by atoms with Crippen LogP contribution in [0.1, 0.15) is 32.9 Å². The van der Waals surface area contributed by atoms with Gasteiger partial charge < -0.3 is 9.32 Å². The molecule has 0 atom stereocenters. The lowest BCUT2D eigenvalue weighted by atomic mass is 10.1. The molecule has 0 unspecified atom stereocenters. The second kappa shape index (κ2) is 8.70. The van der Waals surface area contributed by atoms with E-state index in [1.807, 2.05) is 0 Å². The zero-order valence-electron chi connectivity index (χ0n) is 16.1. The van der Waals surface area contributed by atoms with E-state index < -0.39 is 11.7 Å². The monoisotopic (exact) mass is 437 g/mol. The summed E-state index contributed by atoms with van der Waals surface area (Å²) in [6.07, 6.45) is -2.97. The van der Waals surface area contributed by atoms with E-state index in [1.54, 1.807) is 25.4 Å². The van der Waals surface area contributed by atoms with Gasteiger partial charge in [-0.1, -0.05) is 12.1 Å². The molecule has 158 valence electrons. The molecule has 1 aromatic carbocycles. The maximum Gasteiger partial charge on any atom is 0.416 e. The van der Waals surface area contributed by atoms with E-state index in [4.69, 9.17) is 4.42 Å². The second-order valence-electron chi connectivity index (χ2n) is 6.61. The second-order valence-corrected chi connectivity index (χ2v) is 7.47. The molecule has 3 rings (SSSR count). The molecular formula is C20H18F3N3O3S. The first-order valence-corrected chi connectivity index (χ1v) is 9.71. The topological polar surface area (TPSA) is 75.4 Å². The van der Waals surface area contributed by atoms with Crippen LogP contribution in [0.25, 0.3) is 0 Å². The van der Waals surface area contributed by atoms with E-state index in [0.717, 1.165) is 12.1 Å². The van der Waals surface area contributed by atoms with Crippen molar-refractivity contribution < 1.29 is 27.2 Å². The number of carbonyl (C=O) groups is 2. The summed E-state index contributed by atoms with van der Waals surface area (Å²) < 4.78 is 43.0. The van der Waals surface area contributed by atoms with Crippen molar-refractivity contribution in [3.8, 4) is 0 Å². The van der Waals surface area contributed by atoms with Gasteiger partial charge >= 0.3 is 6.18 Å². The van der Waals surface area contributed by atoms with Crippen molar-refractivity contribution in [2.24, 2.45) is 0 Å². The molecular weight excluding hydrogens is 419 g/mol. The number of rotatable bonds is 6. The summed E-state index contributed by atoms with van der Waals surface area (Å²) in [7, 11) is 1.57. The molecule has 6 nitrogen and oxygen atoms in total. The first-order valence-electron chi connectivity index (χ1n) is 8.83.